The molecule has 0 aliphatic carbocycles. The van der Waals surface area contributed by atoms with Gasteiger partial charge >= 0.3 is 0 Å². The first-order valence-corrected chi connectivity index (χ1v) is 8.88. The molecular weight excluding hydrogens is 370 g/mol. The first-order chi connectivity index (χ1) is 13.9. The van der Waals surface area contributed by atoms with E-state index >= 15 is 0 Å². The van der Waals surface area contributed by atoms with E-state index < -0.39 is 4.92 Å². The normalized spacial score (nSPS) is 11.4. The van der Waals surface area contributed by atoms with E-state index in [1.54, 1.807) is 18.2 Å². The van der Waals surface area contributed by atoms with Crippen molar-refractivity contribution in [2.75, 3.05) is 0 Å². The predicted molar refractivity (Wildman–Crippen MR) is 109 cm³/mol. The molecule has 7 nitrogen and oxygen atoms in total. The molecule has 3 aromatic carbocycles. The fraction of sp³-hybridized carbons (Fsp3) is 0.0909. The molecule has 0 unspecified atom stereocenters. The molecule has 29 heavy (non-hydrogen) atoms. The van der Waals surface area contributed by atoms with Crippen molar-refractivity contribution >= 4 is 28.7 Å². The van der Waals surface area contributed by atoms with Crippen LogP contribution in [0.15, 0.2) is 64.0 Å². The number of non-ortho nitro benzene ring substituents is 1. The molecule has 0 N–H and O–H groups in total. The second-order valence-electron chi connectivity index (χ2n) is 6.74. The summed E-state index contributed by atoms with van der Waals surface area (Å²) in [7, 11) is 0. The minimum absolute atomic E-state index is 0.151. The standard InChI is InChI=1S/C22H17N3O4/c1-13-8-14(2)21-19(9-13)24-22(29-21)15-4-3-5-17(10-15)23-12-16-11-18(25(27)28)6-7-20(16)26/h3-12,26H,1-2H3/p-1. The zero-order chi connectivity index (χ0) is 20.5. The van der Waals surface area contributed by atoms with Crippen LogP contribution < -0.4 is 5.11 Å². The van der Waals surface area contributed by atoms with E-state index in [4.69, 9.17) is 4.42 Å². The zero-order valence-corrected chi connectivity index (χ0v) is 15.7. The monoisotopic (exact) mass is 386 g/mol. The Morgan fingerprint density at radius 1 is 1.10 bits per heavy atom. The van der Waals surface area contributed by atoms with Crippen molar-refractivity contribution in [2.45, 2.75) is 13.8 Å². The number of aryl methyl sites for hydroxylation is 2. The number of hydrogen-bond acceptors (Lipinski definition) is 6. The summed E-state index contributed by atoms with van der Waals surface area (Å²) in [5.41, 5.74) is 4.97. The highest BCUT2D eigenvalue weighted by molar-refractivity contribution is 5.86. The Kier molecular flexibility index (Phi) is 4.56. The van der Waals surface area contributed by atoms with E-state index in [1.165, 1.54) is 24.4 Å². The van der Waals surface area contributed by atoms with Crippen LogP contribution in [0.1, 0.15) is 16.7 Å². The SMILES string of the molecule is Cc1cc(C)c2oc(-c3cccc(N=Cc4cc([N+](=O)[O-])ccc4[O-])c3)nc2c1. The van der Waals surface area contributed by atoms with Crippen molar-refractivity contribution in [1.82, 2.24) is 4.98 Å². The third-order valence-electron chi connectivity index (χ3n) is 4.47. The van der Waals surface area contributed by atoms with Crippen molar-refractivity contribution in [3.8, 4) is 17.2 Å². The molecule has 0 radical (unpaired) electrons. The number of rotatable bonds is 4. The van der Waals surface area contributed by atoms with E-state index in [1.807, 2.05) is 32.0 Å². The summed E-state index contributed by atoms with van der Waals surface area (Å²) < 4.78 is 5.93. The van der Waals surface area contributed by atoms with Crippen LogP contribution in [-0.2, 0) is 0 Å². The number of nitro benzene ring substituents is 1. The third-order valence-corrected chi connectivity index (χ3v) is 4.47. The van der Waals surface area contributed by atoms with Gasteiger partial charge in [0.1, 0.15) is 5.52 Å². The second-order valence-corrected chi connectivity index (χ2v) is 6.74. The predicted octanol–water partition coefficient (Wildman–Crippen LogP) is 4.84. The van der Waals surface area contributed by atoms with Gasteiger partial charge in [-0.3, -0.25) is 15.1 Å². The number of oxazole rings is 1. The van der Waals surface area contributed by atoms with E-state index in [9.17, 15) is 15.2 Å². The highest BCUT2D eigenvalue weighted by atomic mass is 16.6. The molecule has 1 heterocycles. The maximum Gasteiger partial charge on any atom is 0.270 e. The molecule has 0 saturated carbocycles. The summed E-state index contributed by atoms with van der Waals surface area (Å²) in [5.74, 6) is 0.144. The highest BCUT2D eigenvalue weighted by Crippen LogP contribution is 2.29. The molecule has 0 fully saturated rings. The lowest BCUT2D eigenvalue weighted by molar-refractivity contribution is -0.385. The van der Waals surface area contributed by atoms with Gasteiger partial charge in [-0.15, -0.1) is 0 Å². The van der Waals surface area contributed by atoms with Gasteiger partial charge in [0.15, 0.2) is 5.58 Å². The first kappa shape index (κ1) is 18.4. The van der Waals surface area contributed by atoms with Gasteiger partial charge in [-0.05, 0) is 54.8 Å². The number of nitro groups is 1. The molecule has 4 aromatic rings. The van der Waals surface area contributed by atoms with Gasteiger partial charge in [-0.25, -0.2) is 4.98 Å². The van der Waals surface area contributed by atoms with Gasteiger partial charge in [-0.2, -0.15) is 0 Å². The van der Waals surface area contributed by atoms with Crippen LogP contribution in [0.5, 0.6) is 5.75 Å². The molecule has 0 aliphatic rings. The van der Waals surface area contributed by atoms with Crippen molar-refractivity contribution in [2.24, 2.45) is 4.99 Å². The van der Waals surface area contributed by atoms with Gasteiger partial charge in [0.05, 0.1) is 10.6 Å². The van der Waals surface area contributed by atoms with E-state index in [-0.39, 0.29) is 17.0 Å². The Hall–Kier alpha value is -4.00. The van der Waals surface area contributed by atoms with Crippen molar-refractivity contribution < 1.29 is 14.4 Å². The Bertz CT molecular complexity index is 1270. The fourth-order valence-corrected chi connectivity index (χ4v) is 3.11. The smallest absolute Gasteiger partial charge is 0.270 e. The zero-order valence-electron chi connectivity index (χ0n) is 15.7. The van der Waals surface area contributed by atoms with Gasteiger partial charge in [0.2, 0.25) is 5.89 Å². The number of benzene rings is 3. The molecule has 0 amide bonds. The first-order valence-electron chi connectivity index (χ1n) is 8.88. The summed E-state index contributed by atoms with van der Waals surface area (Å²) >= 11 is 0. The average molecular weight is 386 g/mol. The topological polar surface area (TPSA) is 105 Å². The van der Waals surface area contributed by atoms with Crippen LogP contribution in [0.3, 0.4) is 0 Å². The Labute approximate surface area is 166 Å². The summed E-state index contributed by atoms with van der Waals surface area (Å²) in [4.78, 5) is 19.2. The summed E-state index contributed by atoms with van der Waals surface area (Å²) in [6, 6.07) is 14.8. The molecule has 4 rings (SSSR count). The minimum Gasteiger partial charge on any atom is -0.872 e. The fourth-order valence-electron chi connectivity index (χ4n) is 3.11. The third kappa shape index (κ3) is 3.70. The van der Waals surface area contributed by atoms with E-state index in [2.05, 4.69) is 9.98 Å². The number of aliphatic imine (C=N–C) groups is 1. The molecule has 7 heteroatoms. The lowest BCUT2D eigenvalue weighted by atomic mass is 10.1. The van der Waals surface area contributed by atoms with Crippen molar-refractivity contribution in [3.63, 3.8) is 0 Å². The molecule has 0 bridgehead atoms. The van der Waals surface area contributed by atoms with Crippen LogP contribution in [0.2, 0.25) is 0 Å². The molecule has 0 aliphatic heterocycles. The Balaban J connectivity index is 1.68. The molecule has 1 aromatic heterocycles. The van der Waals surface area contributed by atoms with Gasteiger partial charge in [0, 0.05) is 23.9 Å². The molecule has 0 atom stereocenters. The Morgan fingerprint density at radius 2 is 1.93 bits per heavy atom. The minimum atomic E-state index is -0.547. The molecule has 0 spiro atoms. The van der Waals surface area contributed by atoms with Crippen LogP contribution in [0, 0.1) is 24.0 Å². The number of nitrogens with zero attached hydrogens (tertiary/aromatic N) is 3. The quantitative estimate of drug-likeness (QED) is 0.283. The summed E-state index contributed by atoms with van der Waals surface area (Å²) in [6.45, 7) is 3.99. The Morgan fingerprint density at radius 3 is 2.72 bits per heavy atom. The van der Waals surface area contributed by atoms with Crippen LogP contribution in [-0.4, -0.2) is 16.1 Å². The van der Waals surface area contributed by atoms with Crippen LogP contribution in [0.25, 0.3) is 22.6 Å². The second kappa shape index (κ2) is 7.20. The van der Waals surface area contributed by atoms with Gasteiger partial charge in [-0.1, -0.05) is 23.9 Å². The number of hydrogen-bond donors (Lipinski definition) is 0. The molecule has 0 saturated heterocycles. The average Bonchev–Trinajstić information content (AvgIpc) is 3.12. The van der Waals surface area contributed by atoms with Gasteiger partial charge < -0.3 is 9.52 Å². The lowest BCUT2D eigenvalue weighted by Gasteiger charge is -2.08. The van der Waals surface area contributed by atoms with Crippen molar-refractivity contribution in [3.05, 3.63) is 81.4 Å². The molecular formula is C22H16N3O4-. The molecule has 144 valence electrons. The maximum atomic E-state index is 11.9. The number of aromatic nitrogens is 1. The lowest BCUT2D eigenvalue weighted by Crippen LogP contribution is -1.98. The van der Waals surface area contributed by atoms with Gasteiger partial charge in [0.25, 0.3) is 5.69 Å². The number of fused-ring (bicyclic) bond motifs is 1. The van der Waals surface area contributed by atoms with Crippen LogP contribution in [0.4, 0.5) is 11.4 Å². The largest absolute Gasteiger partial charge is 0.872 e. The van der Waals surface area contributed by atoms with E-state index in [0.29, 0.717) is 11.6 Å². The highest BCUT2D eigenvalue weighted by Gasteiger charge is 2.11. The van der Waals surface area contributed by atoms with E-state index in [0.717, 1.165) is 27.8 Å². The van der Waals surface area contributed by atoms with Crippen molar-refractivity contribution in [1.29, 1.82) is 0 Å². The maximum absolute atomic E-state index is 11.9. The summed E-state index contributed by atoms with van der Waals surface area (Å²) in [6.07, 6.45) is 1.33. The van der Waals surface area contributed by atoms with Crippen LogP contribution >= 0.6 is 0 Å². The summed E-state index contributed by atoms with van der Waals surface area (Å²) in [5, 5.41) is 22.8.